The van der Waals surface area contributed by atoms with Crippen LogP contribution in [0.15, 0.2) is 46.9 Å². The third-order valence-electron chi connectivity index (χ3n) is 3.17. The molecule has 2 aromatic rings. The number of carbonyl (C=O) groups excluding carboxylic acids is 2. The zero-order valence-electron chi connectivity index (χ0n) is 12.5. The van der Waals surface area contributed by atoms with E-state index in [2.05, 4.69) is 21.2 Å². The van der Waals surface area contributed by atoms with E-state index in [4.69, 9.17) is 9.84 Å². The molecular formula is C17H16BrNO4. The van der Waals surface area contributed by atoms with Crippen LogP contribution < -0.4 is 5.32 Å². The maximum atomic E-state index is 11.9. The highest BCUT2D eigenvalue weighted by molar-refractivity contribution is 9.10. The normalized spacial score (nSPS) is 10.2. The van der Waals surface area contributed by atoms with Gasteiger partial charge in [-0.1, -0.05) is 28.1 Å². The summed E-state index contributed by atoms with van der Waals surface area (Å²) >= 11 is 3.35. The summed E-state index contributed by atoms with van der Waals surface area (Å²) in [6.45, 7) is 1.41. The number of aliphatic hydroxyl groups is 1. The monoisotopic (exact) mass is 377 g/mol. The van der Waals surface area contributed by atoms with Gasteiger partial charge in [0.2, 0.25) is 0 Å². The van der Waals surface area contributed by atoms with Gasteiger partial charge in [-0.05, 0) is 48.4 Å². The Morgan fingerprint density at radius 1 is 1.17 bits per heavy atom. The number of anilines is 1. The zero-order valence-corrected chi connectivity index (χ0v) is 14.1. The first-order chi connectivity index (χ1) is 11.0. The second-order valence-electron chi connectivity index (χ2n) is 4.94. The Morgan fingerprint density at radius 3 is 2.48 bits per heavy atom. The Labute approximate surface area is 142 Å². The first kappa shape index (κ1) is 17.2. The quantitative estimate of drug-likeness (QED) is 0.785. The Bertz CT molecular complexity index is 713. The van der Waals surface area contributed by atoms with Crippen LogP contribution in [0.4, 0.5) is 5.69 Å². The Hall–Kier alpha value is -2.18. The molecule has 2 N–H and O–H groups in total. The van der Waals surface area contributed by atoms with E-state index in [9.17, 15) is 9.59 Å². The number of hydrogen-bond donors (Lipinski definition) is 2. The molecule has 0 aliphatic carbocycles. The van der Waals surface area contributed by atoms with Crippen LogP contribution in [-0.2, 0) is 16.1 Å². The molecule has 0 saturated carbocycles. The molecule has 0 atom stereocenters. The van der Waals surface area contributed by atoms with Crippen molar-refractivity contribution < 1.29 is 19.4 Å². The first-order valence-electron chi connectivity index (χ1n) is 6.92. The Morgan fingerprint density at radius 2 is 1.87 bits per heavy atom. The lowest BCUT2D eigenvalue weighted by Crippen LogP contribution is -2.21. The van der Waals surface area contributed by atoms with Gasteiger partial charge in [0.05, 0.1) is 12.2 Å². The van der Waals surface area contributed by atoms with Crippen LogP contribution >= 0.6 is 15.9 Å². The molecule has 120 valence electrons. The molecule has 2 aromatic carbocycles. The lowest BCUT2D eigenvalue weighted by atomic mass is 10.1. The van der Waals surface area contributed by atoms with E-state index in [1.807, 2.05) is 19.1 Å². The molecule has 0 aliphatic rings. The maximum Gasteiger partial charge on any atom is 0.338 e. The average Bonchev–Trinajstić information content (AvgIpc) is 2.55. The fourth-order valence-electron chi connectivity index (χ4n) is 1.91. The predicted octanol–water partition coefficient (Wildman–Crippen LogP) is 3.05. The lowest BCUT2D eigenvalue weighted by molar-refractivity contribution is -0.119. The third kappa shape index (κ3) is 4.91. The summed E-state index contributed by atoms with van der Waals surface area (Å²) in [4.78, 5) is 23.7. The summed E-state index contributed by atoms with van der Waals surface area (Å²) in [6.07, 6.45) is 0. The molecule has 0 saturated heterocycles. The number of rotatable bonds is 5. The third-order valence-corrected chi connectivity index (χ3v) is 3.66. The molecular weight excluding hydrogens is 362 g/mol. The number of ether oxygens (including phenoxy) is 1. The SMILES string of the molecule is Cc1cc(Br)ccc1NC(=O)COC(=O)c1ccc(CO)cc1. The average molecular weight is 378 g/mol. The topological polar surface area (TPSA) is 75.6 Å². The van der Waals surface area contributed by atoms with Crippen molar-refractivity contribution in [1.29, 1.82) is 0 Å². The fraction of sp³-hybridized carbons (Fsp3) is 0.176. The number of nitrogens with one attached hydrogen (secondary N) is 1. The number of esters is 1. The molecule has 0 bridgehead atoms. The number of carbonyl (C=O) groups is 2. The van der Waals surface area contributed by atoms with Gasteiger partial charge in [0.1, 0.15) is 0 Å². The van der Waals surface area contributed by atoms with Crippen LogP contribution in [0.2, 0.25) is 0 Å². The van der Waals surface area contributed by atoms with Gasteiger partial charge in [-0.3, -0.25) is 4.79 Å². The van der Waals surface area contributed by atoms with Gasteiger partial charge >= 0.3 is 5.97 Å². The molecule has 5 nitrogen and oxygen atoms in total. The van der Waals surface area contributed by atoms with Crippen LogP contribution in [0.1, 0.15) is 21.5 Å². The molecule has 1 amide bonds. The van der Waals surface area contributed by atoms with Crippen LogP contribution in [0.25, 0.3) is 0 Å². The molecule has 6 heteroatoms. The summed E-state index contributed by atoms with van der Waals surface area (Å²) in [5.41, 5.74) is 2.60. The minimum Gasteiger partial charge on any atom is -0.452 e. The van der Waals surface area contributed by atoms with Crippen molar-refractivity contribution in [3.8, 4) is 0 Å². The van der Waals surface area contributed by atoms with Crippen molar-refractivity contribution in [3.63, 3.8) is 0 Å². The molecule has 23 heavy (non-hydrogen) atoms. The van der Waals surface area contributed by atoms with Crippen molar-refractivity contribution >= 4 is 33.5 Å². The Kier molecular flexibility index (Phi) is 5.90. The van der Waals surface area contributed by atoms with Gasteiger partial charge in [0.15, 0.2) is 6.61 Å². The van der Waals surface area contributed by atoms with Crippen LogP contribution in [-0.4, -0.2) is 23.6 Å². The predicted molar refractivity (Wildman–Crippen MR) is 90.2 cm³/mol. The van der Waals surface area contributed by atoms with Gasteiger partial charge < -0.3 is 15.2 Å². The summed E-state index contributed by atoms with van der Waals surface area (Å²) in [5, 5.41) is 11.6. The number of amides is 1. The molecule has 0 aromatic heterocycles. The number of benzene rings is 2. The summed E-state index contributed by atoms with van der Waals surface area (Å²) < 4.78 is 5.90. The van der Waals surface area contributed by atoms with E-state index in [1.54, 1.807) is 30.3 Å². The highest BCUT2D eigenvalue weighted by atomic mass is 79.9. The summed E-state index contributed by atoms with van der Waals surface area (Å²) in [7, 11) is 0. The molecule has 2 rings (SSSR count). The second kappa shape index (κ2) is 7.89. The number of aliphatic hydroxyl groups excluding tert-OH is 1. The van der Waals surface area contributed by atoms with Crippen LogP contribution in [0.3, 0.4) is 0 Å². The van der Waals surface area contributed by atoms with Crippen molar-refractivity contribution in [3.05, 3.63) is 63.6 Å². The van der Waals surface area contributed by atoms with Crippen LogP contribution in [0, 0.1) is 6.92 Å². The zero-order chi connectivity index (χ0) is 16.8. The second-order valence-corrected chi connectivity index (χ2v) is 5.85. The largest absolute Gasteiger partial charge is 0.452 e. The number of hydrogen-bond acceptors (Lipinski definition) is 4. The maximum absolute atomic E-state index is 11.9. The van der Waals surface area contributed by atoms with Crippen LogP contribution in [0.5, 0.6) is 0 Å². The smallest absolute Gasteiger partial charge is 0.338 e. The molecule has 0 aliphatic heterocycles. The molecule has 0 spiro atoms. The summed E-state index contributed by atoms with van der Waals surface area (Å²) in [6, 6.07) is 11.8. The van der Waals surface area contributed by atoms with Gasteiger partial charge in [-0.25, -0.2) is 4.79 Å². The van der Waals surface area contributed by atoms with Gasteiger partial charge in [0, 0.05) is 10.2 Å². The number of aryl methyl sites for hydroxylation is 1. The lowest BCUT2D eigenvalue weighted by Gasteiger charge is -2.09. The van der Waals surface area contributed by atoms with E-state index in [0.29, 0.717) is 16.8 Å². The highest BCUT2D eigenvalue weighted by Gasteiger charge is 2.11. The van der Waals surface area contributed by atoms with Gasteiger partial charge in [0.25, 0.3) is 5.91 Å². The van der Waals surface area contributed by atoms with E-state index >= 15 is 0 Å². The van der Waals surface area contributed by atoms with Gasteiger partial charge in [-0.2, -0.15) is 0 Å². The minimum absolute atomic E-state index is 0.0930. The van der Waals surface area contributed by atoms with E-state index in [-0.39, 0.29) is 13.2 Å². The van der Waals surface area contributed by atoms with Crippen molar-refractivity contribution in [2.45, 2.75) is 13.5 Å². The van der Waals surface area contributed by atoms with E-state index < -0.39 is 11.9 Å². The van der Waals surface area contributed by atoms with Crippen molar-refractivity contribution in [2.24, 2.45) is 0 Å². The van der Waals surface area contributed by atoms with Crippen molar-refractivity contribution in [1.82, 2.24) is 0 Å². The van der Waals surface area contributed by atoms with E-state index in [1.165, 1.54) is 0 Å². The van der Waals surface area contributed by atoms with E-state index in [0.717, 1.165) is 10.0 Å². The minimum atomic E-state index is -0.586. The van der Waals surface area contributed by atoms with Crippen molar-refractivity contribution in [2.75, 3.05) is 11.9 Å². The fourth-order valence-corrected chi connectivity index (χ4v) is 2.39. The molecule has 0 heterocycles. The van der Waals surface area contributed by atoms with Gasteiger partial charge in [-0.15, -0.1) is 0 Å². The molecule has 0 radical (unpaired) electrons. The molecule has 0 unspecified atom stereocenters. The summed E-state index contributed by atoms with van der Waals surface area (Å²) in [5.74, 6) is -0.993. The molecule has 0 fully saturated rings. The highest BCUT2D eigenvalue weighted by Crippen LogP contribution is 2.19. The number of halogens is 1. The standard InChI is InChI=1S/C17H16BrNO4/c1-11-8-14(18)6-7-15(11)19-16(21)10-23-17(22)13-4-2-12(9-20)3-5-13/h2-8,20H,9-10H2,1H3,(H,19,21). The Balaban J connectivity index is 1.89. The first-order valence-corrected chi connectivity index (χ1v) is 7.72.